The normalized spacial score (nSPS) is 26.4. The summed E-state index contributed by atoms with van der Waals surface area (Å²) >= 11 is 0. The van der Waals surface area contributed by atoms with Gasteiger partial charge in [0.1, 0.15) is 0 Å². The topological polar surface area (TPSA) is 8.17 Å². The van der Waals surface area contributed by atoms with Crippen molar-refractivity contribution < 1.29 is 0 Å². The minimum absolute atomic E-state index is 0.543. The Kier molecular flexibility index (Phi) is 2.22. The first-order chi connectivity index (χ1) is 9.15. The molecule has 2 nitrogen and oxygen atoms in total. The van der Waals surface area contributed by atoms with Gasteiger partial charge in [0.05, 0.1) is 11.6 Å². The first-order valence-electron chi connectivity index (χ1n) is 7.16. The van der Waals surface area contributed by atoms with Crippen LogP contribution >= 0.6 is 0 Å². The van der Waals surface area contributed by atoms with Gasteiger partial charge in [-0.2, -0.15) is 0 Å². The maximum atomic E-state index is 2.51. The molecule has 2 heteroatoms. The van der Waals surface area contributed by atoms with E-state index < -0.39 is 0 Å². The van der Waals surface area contributed by atoms with Crippen LogP contribution < -0.4 is 0 Å². The molecule has 2 aromatic rings. The maximum absolute atomic E-state index is 2.51. The van der Waals surface area contributed by atoms with Crippen molar-refractivity contribution in [1.82, 2.24) is 9.47 Å². The lowest BCUT2D eigenvalue weighted by molar-refractivity contribution is 0.234. The van der Waals surface area contributed by atoms with Crippen molar-refractivity contribution in [3.8, 4) is 0 Å². The molecular weight excluding hydrogens is 232 g/mol. The van der Waals surface area contributed by atoms with Crippen molar-refractivity contribution >= 4 is 16.5 Å². The van der Waals surface area contributed by atoms with Gasteiger partial charge in [0, 0.05) is 30.2 Å². The summed E-state index contributed by atoms with van der Waals surface area (Å²) in [6.07, 6.45) is 4.81. The number of benzene rings is 1. The average Bonchev–Trinajstić information content (AvgIpc) is 2.70. The van der Waals surface area contributed by atoms with E-state index in [0.717, 1.165) is 6.54 Å². The Morgan fingerprint density at radius 3 is 2.89 bits per heavy atom. The van der Waals surface area contributed by atoms with E-state index in [1.807, 2.05) is 0 Å². The molecule has 0 spiro atoms. The predicted molar refractivity (Wildman–Crippen MR) is 80.2 cm³/mol. The third kappa shape index (κ3) is 1.47. The number of para-hydroxylation sites is 1. The van der Waals surface area contributed by atoms with E-state index in [4.69, 9.17) is 0 Å². The Morgan fingerprint density at radius 1 is 1.21 bits per heavy atom. The molecule has 19 heavy (non-hydrogen) atoms. The zero-order valence-electron chi connectivity index (χ0n) is 11.9. The molecule has 2 aliphatic heterocycles. The van der Waals surface area contributed by atoms with Crippen LogP contribution in [0.2, 0.25) is 0 Å². The lowest BCUT2D eigenvalue weighted by Gasteiger charge is -2.39. The molecule has 4 rings (SSSR count). The molecule has 2 aliphatic rings. The van der Waals surface area contributed by atoms with E-state index in [1.165, 1.54) is 34.1 Å². The molecule has 1 aromatic carbocycles. The van der Waals surface area contributed by atoms with Gasteiger partial charge in [-0.15, -0.1) is 0 Å². The van der Waals surface area contributed by atoms with Gasteiger partial charge in [-0.1, -0.05) is 31.2 Å². The molecule has 0 aliphatic carbocycles. The van der Waals surface area contributed by atoms with Crippen LogP contribution in [0, 0.1) is 12.8 Å². The highest BCUT2D eigenvalue weighted by Crippen LogP contribution is 2.39. The third-order valence-electron chi connectivity index (χ3n) is 4.71. The molecule has 0 unspecified atom stereocenters. The second kappa shape index (κ2) is 3.73. The average molecular weight is 252 g/mol. The summed E-state index contributed by atoms with van der Waals surface area (Å²) in [7, 11) is 2.26. The number of rotatable bonds is 0. The van der Waals surface area contributed by atoms with Crippen molar-refractivity contribution in [3.05, 3.63) is 41.6 Å². The zero-order valence-corrected chi connectivity index (χ0v) is 11.9. The summed E-state index contributed by atoms with van der Waals surface area (Å²) in [5, 5.41) is 1.41. The quantitative estimate of drug-likeness (QED) is 0.698. The second-order valence-corrected chi connectivity index (χ2v) is 6.22. The SMILES string of the molecule is Cc1cn2c3c(cccc13)C1=C[C@@H](C)CN(C)[C@@H]1C2. The predicted octanol–water partition coefficient (Wildman–Crippen LogP) is 3.30. The van der Waals surface area contributed by atoms with Gasteiger partial charge < -0.3 is 4.57 Å². The fourth-order valence-electron chi connectivity index (χ4n) is 3.90. The summed E-state index contributed by atoms with van der Waals surface area (Å²) in [6, 6.07) is 7.29. The zero-order chi connectivity index (χ0) is 13.1. The van der Waals surface area contributed by atoms with Gasteiger partial charge >= 0.3 is 0 Å². The highest BCUT2D eigenvalue weighted by atomic mass is 15.2. The van der Waals surface area contributed by atoms with E-state index >= 15 is 0 Å². The van der Waals surface area contributed by atoms with Gasteiger partial charge in [0.2, 0.25) is 0 Å². The van der Waals surface area contributed by atoms with Crippen molar-refractivity contribution in [1.29, 1.82) is 0 Å². The van der Waals surface area contributed by atoms with Crippen LogP contribution in [-0.2, 0) is 6.54 Å². The molecule has 3 heterocycles. The van der Waals surface area contributed by atoms with Crippen molar-refractivity contribution in [2.24, 2.45) is 5.92 Å². The lowest BCUT2D eigenvalue weighted by Crippen LogP contribution is -2.43. The molecule has 98 valence electrons. The molecule has 0 amide bonds. The number of hydrogen-bond acceptors (Lipinski definition) is 1. The van der Waals surface area contributed by atoms with E-state index in [-0.39, 0.29) is 0 Å². The highest BCUT2D eigenvalue weighted by Gasteiger charge is 2.32. The minimum atomic E-state index is 0.543. The molecule has 2 atom stereocenters. The molecule has 0 saturated heterocycles. The molecular formula is C17H20N2. The Balaban J connectivity index is 2.04. The second-order valence-electron chi connectivity index (χ2n) is 6.22. The Labute approximate surface area is 114 Å². The lowest BCUT2D eigenvalue weighted by atomic mass is 9.86. The minimum Gasteiger partial charge on any atom is -0.345 e. The van der Waals surface area contributed by atoms with Gasteiger partial charge in [-0.3, -0.25) is 4.90 Å². The van der Waals surface area contributed by atoms with Crippen LogP contribution in [0.4, 0.5) is 0 Å². The van der Waals surface area contributed by atoms with Crippen LogP contribution in [0.5, 0.6) is 0 Å². The van der Waals surface area contributed by atoms with Crippen LogP contribution in [0.15, 0.2) is 30.5 Å². The van der Waals surface area contributed by atoms with Gasteiger partial charge in [0.25, 0.3) is 0 Å². The van der Waals surface area contributed by atoms with Crippen LogP contribution in [0.3, 0.4) is 0 Å². The summed E-state index contributed by atoms with van der Waals surface area (Å²) < 4.78 is 2.45. The third-order valence-corrected chi connectivity index (χ3v) is 4.71. The largest absolute Gasteiger partial charge is 0.345 e. The number of hydrogen-bond donors (Lipinski definition) is 0. The Morgan fingerprint density at radius 2 is 2.05 bits per heavy atom. The molecule has 1 aromatic heterocycles. The van der Waals surface area contributed by atoms with Crippen LogP contribution in [0.25, 0.3) is 16.5 Å². The number of nitrogens with zero attached hydrogens (tertiary/aromatic N) is 2. The molecule has 0 N–H and O–H groups in total. The number of aryl methyl sites for hydroxylation is 1. The van der Waals surface area contributed by atoms with E-state index in [2.05, 4.69) is 60.8 Å². The Hall–Kier alpha value is -1.54. The summed E-state index contributed by atoms with van der Waals surface area (Å²) in [5.74, 6) is 0.647. The first-order valence-corrected chi connectivity index (χ1v) is 7.16. The maximum Gasteiger partial charge on any atom is 0.0560 e. The van der Waals surface area contributed by atoms with E-state index in [1.54, 1.807) is 0 Å². The number of fused-ring (bicyclic) bond motifs is 2. The summed E-state index contributed by atoms with van der Waals surface area (Å²) in [6.45, 7) is 6.80. The van der Waals surface area contributed by atoms with Crippen molar-refractivity contribution in [2.45, 2.75) is 26.4 Å². The molecule has 0 bridgehead atoms. The fourth-order valence-corrected chi connectivity index (χ4v) is 3.90. The fraction of sp³-hybridized carbons (Fsp3) is 0.412. The van der Waals surface area contributed by atoms with Gasteiger partial charge in [-0.05, 0) is 31.0 Å². The number of likely N-dealkylation sites (N-methyl/N-ethyl adjacent to an activating group) is 1. The molecule has 0 saturated carbocycles. The first kappa shape index (κ1) is 11.3. The van der Waals surface area contributed by atoms with Crippen molar-refractivity contribution in [3.63, 3.8) is 0 Å². The molecule has 0 radical (unpaired) electrons. The highest BCUT2D eigenvalue weighted by molar-refractivity contribution is 5.96. The van der Waals surface area contributed by atoms with Crippen LogP contribution in [-0.4, -0.2) is 29.1 Å². The van der Waals surface area contributed by atoms with Gasteiger partial charge in [0.15, 0.2) is 0 Å². The van der Waals surface area contributed by atoms with E-state index in [0.29, 0.717) is 12.0 Å². The molecule has 0 fully saturated rings. The Bertz CT molecular complexity index is 693. The van der Waals surface area contributed by atoms with E-state index in [9.17, 15) is 0 Å². The summed E-state index contributed by atoms with van der Waals surface area (Å²) in [5.41, 5.74) is 5.81. The van der Waals surface area contributed by atoms with Crippen LogP contribution in [0.1, 0.15) is 18.1 Å². The summed E-state index contributed by atoms with van der Waals surface area (Å²) in [4.78, 5) is 2.51. The smallest absolute Gasteiger partial charge is 0.0560 e. The van der Waals surface area contributed by atoms with Gasteiger partial charge in [-0.25, -0.2) is 0 Å². The monoisotopic (exact) mass is 252 g/mol. The number of aromatic nitrogens is 1. The standard InChI is InChI=1S/C17H20N2/c1-11-7-15-14-6-4-5-13-12(2)9-19(17(13)14)10-16(15)18(3)8-11/h4-7,9,11,16H,8,10H2,1-3H3/t11-,16-/m1/s1. The van der Waals surface area contributed by atoms with Crippen molar-refractivity contribution in [2.75, 3.05) is 13.6 Å².